The standard InChI is InChI=1S/C27H26N4O2S/c1-3-18-31-26(25(20-10-6-4-7-11-20)21-12-8-5-9-13-21)29-30-27(31)34-19-24(32)28-22-14-16-23(33-2)17-15-22/h3-17,25H,1,18-19H2,2H3,(H,28,32). The number of amides is 1. The Hall–Kier alpha value is -3.84. The molecule has 0 radical (unpaired) electrons. The highest BCUT2D eigenvalue weighted by Crippen LogP contribution is 2.32. The van der Waals surface area contributed by atoms with Crippen LogP contribution in [0.2, 0.25) is 0 Å². The molecule has 0 aliphatic heterocycles. The molecule has 172 valence electrons. The zero-order chi connectivity index (χ0) is 23.8. The molecule has 1 heterocycles. The molecule has 1 N–H and O–H groups in total. The second kappa shape index (κ2) is 11.3. The monoisotopic (exact) mass is 470 g/mol. The van der Waals surface area contributed by atoms with Crippen molar-refractivity contribution in [3.63, 3.8) is 0 Å². The zero-order valence-corrected chi connectivity index (χ0v) is 19.7. The Morgan fingerprint density at radius 2 is 1.62 bits per heavy atom. The van der Waals surface area contributed by atoms with Crippen molar-refractivity contribution in [3.8, 4) is 5.75 Å². The van der Waals surface area contributed by atoms with E-state index in [2.05, 4.69) is 46.4 Å². The van der Waals surface area contributed by atoms with Crippen molar-refractivity contribution in [1.82, 2.24) is 14.8 Å². The third-order valence-corrected chi connectivity index (χ3v) is 6.25. The van der Waals surface area contributed by atoms with Gasteiger partial charge in [0.15, 0.2) is 5.16 Å². The second-order valence-corrected chi connectivity index (χ2v) is 8.50. The third-order valence-electron chi connectivity index (χ3n) is 5.29. The van der Waals surface area contributed by atoms with Gasteiger partial charge in [-0.25, -0.2) is 0 Å². The minimum Gasteiger partial charge on any atom is -0.497 e. The molecule has 6 nitrogen and oxygen atoms in total. The molecule has 4 aromatic rings. The molecule has 0 aliphatic rings. The molecular weight excluding hydrogens is 444 g/mol. The quantitative estimate of drug-likeness (QED) is 0.249. The molecule has 0 atom stereocenters. The lowest BCUT2D eigenvalue weighted by molar-refractivity contribution is -0.113. The van der Waals surface area contributed by atoms with Crippen LogP contribution in [-0.2, 0) is 11.3 Å². The molecule has 7 heteroatoms. The lowest BCUT2D eigenvalue weighted by Gasteiger charge is -2.19. The predicted molar refractivity (Wildman–Crippen MR) is 136 cm³/mol. The number of allylic oxidation sites excluding steroid dienone is 1. The largest absolute Gasteiger partial charge is 0.497 e. The van der Waals surface area contributed by atoms with Crippen molar-refractivity contribution in [2.24, 2.45) is 0 Å². The molecule has 3 aromatic carbocycles. The lowest BCUT2D eigenvalue weighted by atomic mass is 9.90. The minimum atomic E-state index is -0.118. The Labute approximate surface area is 203 Å². The summed E-state index contributed by atoms with van der Waals surface area (Å²) < 4.78 is 7.19. The van der Waals surface area contributed by atoms with Crippen LogP contribution in [0.4, 0.5) is 5.69 Å². The van der Waals surface area contributed by atoms with Crippen LogP contribution < -0.4 is 10.1 Å². The molecule has 1 aromatic heterocycles. The van der Waals surface area contributed by atoms with Gasteiger partial charge in [-0.05, 0) is 35.4 Å². The maximum absolute atomic E-state index is 12.6. The summed E-state index contributed by atoms with van der Waals surface area (Å²) in [5.74, 6) is 1.56. The number of nitrogens with zero attached hydrogens (tertiary/aromatic N) is 3. The number of nitrogens with one attached hydrogen (secondary N) is 1. The summed E-state index contributed by atoms with van der Waals surface area (Å²) in [5.41, 5.74) is 2.97. The summed E-state index contributed by atoms with van der Waals surface area (Å²) in [6.07, 6.45) is 1.82. The van der Waals surface area contributed by atoms with E-state index in [1.165, 1.54) is 11.8 Å². The Morgan fingerprint density at radius 1 is 1.00 bits per heavy atom. The zero-order valence-electron chi connectivity index (χ0n) is 18.9. The summed E-state index contributed by atoms with van der Waals surface area (Å²) >= 11 is 1.36. The molecule has 0 unspecified atom stereocenters. The Kier molecular flexibility index (Phi) is 7.78. The van der Waals surface area contributed by atoms with Crippen LogP contribution in [0.25, 0.3) is 0 Å². The van der Waals surface area contributed by atoms with Crippen molar-refractivity contribution in [2.45, 2.75) is 17.6 Å². The van der Waals surface area contributed by atoms with E-state index in [0.717, 1.165) is 22.7 Å². The van der Waals surface area contributed by atoms with Gasteiger partial charge in [-0.3, -0.25) is 4.79 Å². The number of ether oxygens (including phenoxy) is 1. The van der Waals surface area contributed by atoms with E-state index in [1.807, 2.05) is 71.3 Å². The van der Waals surface area contributed by atoms with Crippen molar-refractivity contribution >= 4 is 23.4 Å². The van der Waals surface area contributed by atoms with Crippen molar-refractivity contribution in [1.29, 1.82) is 0 Å². The van der Waals surface area contributed by atoms with E-state index in [9.17, 15) is 4.79 Å². The van der Waals surface area contributed by atoms with Crippen molar-refractivity contribution in [2.75, 3.05) is 18.2 Å². The summed E-state index contributed by atoms with van der Waals surface area (Å²) in [6, 6.07) is 27.7. The number of carbonyl (C=O) groups excluding carboxylic acids is 1. The topological polar surface area (TPSA) is 69.0 Å². The molecule has 0 bridgehead atoms. The number of anilines is 1. The number of hydrogen-bond acceptors (Lipinski definition) is 5. The molecular formula is C27H26N4O2S. The van der Waals surface area contributed by atoms with Gasteiger partial charge in [0.1, 0.15) is 11.6 Å². The highest BCUT2D eigenvalue weighted by Gasteiger charge is 2.24. The van der Waals surface area contributed by atoms with Gasteiger partial charge in [0.05, 0.1) is 18.8 Å². The van der Waals surface area contributed by atoms with Gasteiger partial charge in [-0.2, -0.15) is 0 Å². The fraction of sp³-hybridized carbons (Fsp3) is 0.148. The summed E-state index contributed by atoms with van der Waals surface area (Å²) in [5, 5.41) is 12.6. The van der Waals surface area contributed by atoms with Gasteiger partial charge in [-0.1, -0.05) is 78.5 Å². The van der Waals surface area contributed by atoms with Gasteiger partial charge in [0, 0.05) is 12.2 Å². The van der Waals surface area contributed by atoms with Gasteiger partial charge in [0.25, 0.3) is 0 Å². The number of carbonyl (C=O) groups is 1. The number of hydrogen-bond donors (Lipinski definition) is 1. The van der Waals surface area contributed by atoms with Gasteiger partial charge >= 0.3 is 0 Å². The first-order valence-corrected chi connectivity index (χ1v) is 11.9. The molecule has 0 spiro atoms. The lowest BCUT2D eigenvalue weighted by Crippen LogP contribution is -2.15. The first-order valence-electron chi connectivity index (χ1n) is 10.9. The fourth-order valence-corrected chi connectivity index (χ4v) is 4.46. The molecule has 34 heavy (non-hydrogen) atoms. The van der Waals surface area contributed by atoms with E-state index in [0.29, 0.717) is 17.4 Å². The maximum Gasteiger partial charge on any atom is 0.234 e. The first-order chi connectivity index (χ1) is 16.7. The molecule has 0 saturated carbocycles. The summed E-state index contributed by atoms with van der Waals surface area (Å²) in [4.78, 5) is 12.6. The van der Waals surface area contributed by atoms with Crippen molar-refractivity contribution in [3.05, 3.63) is 115 Å². The smallest absolute Gasteiger partial charge is 0.234 e. The molecule has 1 amide bonds. The molecule has 0 saturated heterocycles. The van der Waals surface area contributed by atoms with E-state index in [1.54, 1.807) is 7.11 Å². The Morgan fingerprint density at radius 3 is 2.18 bits per heavy atom. The SMILES string of the molecule is C=CCn1c(SCC(=O)Nc2ccc(OC)cc2)nnc1C(c1ccccc1)c1ccccc1. The average molecular weight is 471 g/mol. The fourth-order valence-electron chi connectivity index (χ4n) is 3.70. The number of benzene rings is 3. The van der Waals surface area contributed by atoms with Crippen LogP contribution in [0.15, 0.2) is 103 Å². The number of methoxy groups -OCH3 is 1. The number of aromatic nitrogens is 3. The highest BCUT2D eigenvalue weighted by molar-refractivity contribution is 7.99. The summed E-state index contributed by atoms with van der Waals surface area (Å²) in [7, 11) is 1.61. The van der Waals surface area contributed by atoms with E-state index in [4.69, 9.17) is 4.74 Å². The Balaban J connectivity index is 1.56. The van der Waals surface area contributed by atoms with Crippen LogP contribution in [-0.4, -0.2) is 33.5 Å². The highest BCUT2D eigenvalue weighted by atomic mass is 32.2. The van der Waals surface area contributed by atoms with Crippen LogP contribution in [0.5, 0.6) is 5.75 Å². The number of thioether (sulfide) groups is 1. The van der Waals surface area contributed by atoms with E-state index < -0.39 is 0 Å². The third kappa shape index (κ3) is 5.55. The van der Waals surface area contributed by atoms with Gasteiger partial charge in [0.2, 0.25) is 5.91 Å². The van der Waals surface area contributed by atoms with Crippen LogP contribution >= 0.6 is 11.8 Å². The normalized spacial score (nSPS) is 10.8. The van der Waals surface area contributed by atoms with Gasteiger partial charge < -0.3 is 14.6 Å². The van der Waals surface area contributed by atoms with Gasteiger partial charge in [-0.15, -0.1) is 16.8 Å². The first kappa shape index (κ1) is 23.3. The maximum atomic E-state index is 12.6. The number of rotatable bonds is 10. The van der Waals surface area contributed by atoms with Crippen molar-refractivity contribution < 1.29 is 9.53 Å². The van der Waals surface area contributed by atoms with Crippen LogP contribution in [0, 0.1) is 0 Å². The van der Waals surface area contributed by atoms with E-state index >= 15 is 0 Å². The Bertz CT molecular complexity index is 1190. The predicted octanol–water partition coefficient (Wildman–Crippen LogP) is 5.38. The second-order valence-electron chi connectivity index (χ2n) is 7.56. The van der Waals surface area contributed by atoms with Crippen LogP contribution in [0.1, 0.15) is 22.9 Å². The average Bonchev–Trinajstić information content (AvgIpc) is 3.27. The van der Waals surface area contributed by atoms with Crippen LogP contribution in [0.3, 0.4) is 0 Å². The minimum absolute atomic E-state index is 0.0858. The molecule has 0 aliphatic carbocycles. The molecule has 0 fully saturated rings. The summed E-state index contributed by atoms with van der Waals surface area (Å²) in [6.45, 7) is 4.46. The molecule has 4 rings (SSSR count). The van der Waals surface area contributed by atoms with E-state index in [-0.39, 0.29) is 17.6 Å².